The van der Waals surface area contributed by atoms with Crippen LogP contribution in [0.5, 0.6) is 0 Å². The topological polar surface area (TPSA) is 55.1 Å². The summed E-state index contributed by atoms with van der Waals surface area (Å²) in [5, 5.41) is 8.11. The number of rotatable bonds is 6. The van der Waals surface area contributed by atoms with E-state index >= 15 is 0 Å². The summed E-state index contributed by atoms with van der Waals surface area (Å²) >= 11 is 0. The maximum atomic E-state index is 14.0. The number of amides is 2. The van der Waals surface area contributed by atoms with Crippen molar-refractivity contribution in [2.75, 3.05) is 0 Å². The Hall–Kier alpha value is -4.65. The van der Waals surface area contributed by atoms with Crippen LogP contribution in [0.25, 0.3) is 11.5 Å². The van der Waals surface area contributed by atoms with Gasteiger partial charge in [-0.1, -0.05) is 68.4 Å². The zero-order chi connectivity index (χ0) is 27.6. The second kappa shape index (κ2) is 10.8. The minimum absolute atomic E-state index is 0.191. The second-order valence-electron chi connectivity index (χ2n) is 10.1. The van der Waals surface area contributed by atoms with E-state index in [1.165, 1.54) is 17.7 Å². The average Bonchev–Trinajstić information content (AvgIpc) is 3.58. The van der Waals surface area contributed by atoms with Gasteiger partial charge in [0.25, 0.3) is 0 Å². The van der Waals surface area contributed by atoms with Crippen LogP contribution in [0.15, 0.2) is 97.2 Å². The predicted molar refractivity (Wildman–Crippen MR) is 154 cm³/mol. The number of hydrogen-bond donors (Lipinski definition) is 1. The third kappa shape index (κ3) is 4.68. The third-order valence-corrected chi connectivity index (χ3v) is 7.63. The molecule has 1 atom stereocenters. The number of aromatic nitrogens is 3. The van der Waals surface area contributed by atoms with Crippen LogP contribution in [0.3, 0.4) is 0 Å². The lowest BCUT2D eigenvalue weighted by Crippen LogP contribution is -2.41. The minimum Gasteiger partial charge on any atom is -0.334 e. The number of urea groups is 1. The second-order valence-corrected chi connectivity index (χ2v) is 10.1. The molecule has 1 aliphatic heterocycles. The fraction of sp³-hybridized carbons (Fsp3) is 0.212. The van der Waals surface area contributed by atoms with E-state index in [0.717, 1.165) is 52.4 Å². The van der Waals surface area contributed by atoms with Gasteiger partial charge in [-0.15, -0.1) is 0 Å². The molecule has 2 amide bonds. The van der Waals surface area contributed by atoms with Crippen molar-refractivity contribution in [1.29, 1.82) is 0 Å². The van der Waals surface area contributed by atoms with Gasteiger partial charge in [-0.2, -0.15) is 5.10 Å². The summed E-state index contributed by atoms with van der Waals surface area (Å²) in [5.74, 6) is 0.654. The van der Waals surface area contributed by atoms with Crippen LogP contribution >= 0.6 is 0 Å². The summed E-state index contributed by atoms with van der Waals surface area (Å²) in [6.07, 6.45) is 3.74. The molecule has 40 heavy (non-hydrogen) atoms. The molecule has 0 bridgehead atoms. The Balaban J connectivity index is 1.48. The quantitative estimate of drug-likeness (QED) is 0.263. The first-order valence-corrected chi connectivity index (χ1v) is 13.8. The predicted octanol–water partition coefficient (Wildman–Crippen LogP) is 6.74. The lowest BCUT2D eigenvalue weighted by molar-refractivity contribution is 0.180. The van der Waals surface area contributed by atoms with Crippen molar-refractivity contribution < 1.29 is 9.18 Å². The van der Waals surface area contributed by atoms with Gasteiger partial charge in [0.1, 0.15) is 11.6 Å². The number of nitrogens with one attached hydrogen (secondary N) is 1. The Morgan fingerprint density at radius 1 is 0.900 bits per heavy atom. The van der Waals surface area contributed by atoms with Crippen molar-refractivity contribution in [1.82, 2.24) is 24.6 Å². The number of halogens is 1. The van der Waals surface area contributed by atoms with Crippen molar-refractivity contribution >= 4 is 6.03 Å². The number of benzene rings is 3. The highest BCUT2D eigenvalue weighted by Gasteiger charge is 2.36. The van der Waals surface area contributed by atoms with Crippen LogP contribution in [0.2, 0.25) is 0 Å². The lowest BCUT2D eigenvalue weighted by atomic mass is 9.99. The van der Waals surface area contributed by atoms with Gasteiger partial charge in [-0.05, 0) is 65.9 Å². The number of carbonyl (C=O) groups excluding carboxylic acids is 1. The Labute approximate surface area is 233 Å². The van der Waals surface area contributed by atoms with E-state index in [1.54, 1.807) is 12.1 Å². The molecule has 0 aliphatic carbocycles. The molecule has 0 saturated carbocycles. The lowest BCUT2D eigenvalue weighted by Gasteiger charge is -2.31. The van der Waals surface area contributed by atoms with Crippen LogP contribution in [-0.4, -0.2) is 25.3 Å². The van der Waals surface area contributed by atoms with E-state index in [4.69, 9.17) is 5.10 Å². The highest BCUT2D eigenvalue weighted by atomic mass is 19.1. The molecule has 2 aromatic heterocycles. The van der Waals surface area contributed by atoms with Gasteiger partial charge in [0, 0.05) is 18.3 Å². The summed E-state index contributed by atoms with van der Waals surface area (Å²) in [4.78, 5) is 15.9. The molecule has 0 unspecified atom stereocenters. The molecular formula is C33H32FN5O. The smallest absolute Gasteiger partial charge is 0.318 e. The first-order valence-electron chi connectivity index (χ1n) is 13.8. The van der Waals surface area contributed by atoms with Crippen molar-refractivity contribution in [3.63, 3.8) is 0 Å². The molecule has 7 heteroatoms. The molecule has 6 rings (SSSR count). The zero-order valence-corrected chi connectivity index (χ0v) is 22.7. The Morgan fingerprint density at radius 3 is 2.33 bits per heavy atom. The Kier molecular flexibility index (Phi) is 6.95. The number of fused-ring (bicyclic) bond motifs is 3. The van der Waals surface area contributed by atoms with Crippen LogP contribution in [-0.2, 0) is 25.9 Å². The fourth-order valence-electron chi connectivity index (χ4n) is 5.52. The van der Waals surface area contributed by atoms with Gasteiger partial charge in [0.15, 0.2) is 0 Å². The monoisotopic (exact) mass is 533 g/mol. The van der Waals surface area contributed by atoms with Gasteiger partial charge in [0.05, 0.1) is 29.7 Å². The zero-order valence-electron chi connectivity index (χ0n) is 22.7. The van der Waals surface area contributed by atoms with Crippen LogP contribution in [0, 0.1) is 5.82 Å². The summed E-state index contributed by atoms with van der Waals surface area (Å²) in [7, 11) is 0. The van der Waals surface area contributed by atoms with Gasteiger partial charge in [-0.3, -0.25) is 0 Å². The number of aryl methyl sites for hydroxylation is 2. The number of hydrogen-bond acceptors (Lipinski definition) is 2. The largest absolute Gasteiger partial charge is 0.334 e. The molecule has 0 fully saturated rings. The normalized spacial score (nSPS) is 14.4. The number of para-hydroxylation sites is 1. The molecule has 0 spiro atoms. The molecule has 0 radical (unpaired) electrons. The maximum absolute atomic E-state index is 14.0. The maximum Gasteiger partial charge on any atom is 0.318 e. The summed E-state index contributed by atoms with van der Waals surface area (Å²) in [6, 6.07) is 28.5. The average molecular weight is 534 g/mol. The van der Waals surface area contributed by atoms with Gasteiger partial charge >= 0.3 is 6.03 Å². The molecule has 3 heterocycles. The van der Waals surface area contributed by atoms with Crippen LogP contribution < -0.4 is 5.32 Å². The fourth-order valence-corrected chi connectivity index (χ4v) is 5.52. The number of carbonyl (C=O) groups is 1. The first kappa shape index (κ1) is 25.6. The third-order valence-electron chi connectivity index (χ3n) is 7.63. The van der Waals surface area contributed by atoms with Gasteiger partial charge in [-0.25, -0.2) is 13.9 Å². The van der Waals surface area contributed by atoms with Crippen molar-refractivity contribution in [2.45, 2.75) is 45.8 Å². The Bertz CT molecular complexity index is 1620. The van der Waals surface area contributed by atoms with Crippen LogP contribution in [0.1, 0.15) is 53.5 Å². The van der Waals surface area contributed by atoms with E-state index in [9.17, 15) is 9.18 Å². The van der Waals surface area contributed by atoms with Crippen molar-refractivity contribution in [3.8, 4) is 11.5 Å². The molecule has 3 aromatic carbocycles. The summed E-state index contributed by atoms with van der Waals surface area (Å²) in [6.45, 7) is 4.93. The van der Waals surface area contributed by atoms with E-state index < -0.39 is 0 Å². The SMILES string of the molecule is CCc1ccc([C@H]2c3cccn3-c3c(c(CC)nn3-c3ccccc3)CN2C(=O)NCc2ccc(F)cc2)cc1. The molecule has 0 saturated heterocycles. The van der Waals surface area contributed by atoms with Gasteiger partial charge in [0.2, 0.25) is 0 Å². The van der Waals surface area contributed by atoms with Crippen molar-refractivity contribution in [3.05, 3.63) is 137 Å². The standard InChI is InChI=1S/C33H32FN5O/c1-3-23-12-16-25(17-13-23)31-30-11-8-20-37(30)32-28(29(4-2)36-39(32)27-9-6-5-7-10-27)22-38(31)33(40)35-21-24-14-18-26(34)19-15-24/h5-20,31H,3-4,21-22H2,1-2H3,(H,35,40)/t31-/m0/s1. The van der Waals surface area contributed by atoms with E-state index in [2.05, 4.69) is 72.4 Å². The van der Waals surface area contributed by atoms with E-state index in [1.807, 2.05) is 33.8 Å². The van der Waals surface area contributed by atoms with E-state index in [0.29, 0.717) is 13.1 Å². The molecular weight excluding hydrogens is 501 g/mol. The van der Waals surface area contributed by atoms with E-state index in [-0.39, 0.29) is 17.9 Å². The minimum atomic E-state index is -0.324. The molecule has 202 valence electrons. The Morgan fingerprint density at radius 2 is 1.62 bits per heavy atom. The van der Waals surface area contributed by atoms with Gasteiger partial charge < -0.3 is 14.8 Å². The highest BCUT2D eigenvalue weighted by molar-refractivity contribution is 5.76. The van der Waals surface area contributed by atoms with Crippen LogP contribution in [0.4, 0.5) is 9.18 Å². The molecule has 1 aliphatic rings. The first-order chi connectivity index (χ1) is 19.6. The van der Waals surface area contributed by atoms with Crippen molar-refractivity contribution in [2.24, 2.45) is 0 Å². The highest BCUT2D eigenvalue weighted by Crippen LogP contribution is 2.38. The number of nitrogens with zero attached hydrogens (tertiary/aromatic N) is 4. The summed E-state index contributed by atoms with van der Waals surface area (Å²) < 4.78 is 17.6. The summed E-state index contributed by atoms with van der Waals surface area (Å²) in [5.41, 5.74) is 7.05. The molecule has 5 aromatic rings. The molecule has 6 nitrogen and oxygen atoms in total. The molecule has 1 N–H and O–H groups in total.